The molecule has 1 spiro atoms. The number of anilines is 1. The number of rotatable bonds is 5. The summed E-state index contributed by atoms with van der Waals surface area (Å²) in [5.74, 6) is 0.663. The molecule has 0 saturated carbocycles. The number of carbonyl (C=O) groups excluding carboxylic acids is 2. The van der Waals surface area contributed by atoms with Crippen LogP contribution in [-0.2, 0) is 11.2 Å². The zero-order valence-corrected chi connectivity index (χ0v) is 16.7. The third kappa shape index (κ3) is 4.42. The number of carbonyl (C=O) groups is 2. The summed E-state index contributed by atoms with van der Waals surface area (Å²) in [5, 5.41) is 0. The highest BCUT2D eigenvalue weighted by molar-refractivity contribution is 5.93. The minimum atomic E-state index is -0.429. The van der Waals surface area contributed by atoms with Gasteiger partial charge in [-0.2, -0.15) is 0 Å². The fourth-order valence-corrected chi connectivity index (χ4v) is 4.58. The average molecular weight is 393 g/mol. The lowest BCUT2D eigenvalue weighted by Gasteiger charge is -2.47. The van der Waals surface area contributed by atoms with Gasteiger partial charge in [-0.1, -0.05) is 30.3 Å². The van der Waals surface area contributed by atoms with Crippen molar-refractivity contribution in [1.82, 2.24) is 9.88 Å². The van der Waals surface area contributed by atoms with E-state index in [2.05, 4.69) is 26.9 Å². The maximum Gasteiger partial charge on any atom is 0.248 e. The van der Waals surface area contributed by atoms with E-state index >= 15 is 0 Å². The van der Waals surface area contributed by atoms with Crippen LogP contribution in [0.2, 0.25) is 0 Å². The highest BCUT2D eigenvalue weighted by atomic mass is 16.2. The molecule has 1 aromatic carbocycles. The Morgan fingerprint density at radius 3 is 2.59 bits per heavy atom. The van der Waals surface area contributed by atoms with E-state index in [0.29, 0.717) is 12.0 Å². The largest absolute Gasteiger partial charge is 0.366 e. The number of pyridine rings is 1. The van der Waals surface area contributed by atoms with E-state index in [1.54, 1.807) is 18.3 Å². The van der Waals surface area contributed by atoms with Gasteiger partial charge in [0.2, 0.25) is 11.8 Å². The Labute approximate surface area is 171 Å². The summed E-state index contributed by atoms with van der Waals surface area (Å²) in [7, 11) is 0. The van der Waals surface area contributed by atoms with Crippen LogP contribution in [0.1, 0.15) is 41.6 Å². The molecule has 2 aliphatic rings. The zero-order chi connectivity index (χ0) is 20.3. The molecule has 2 saturated heterocycles. The number of amides is 2. The quantitative estimate of drug-likeness (QED) is 0.848. The molecule has 0 aliphatic carbocycles. The predicted molar refractivity (Wildman–Crippen MR) is 113 cm³/mol. The Kier molecular flexibility index (Phi) is 5.51. The fraction of sp³-hybridized carbons (Fsp3) is 0.435. The lowest BCUT2D eigenvalue weighted by Crippen LogP contribution is -2.52. The van der Waals surface area contributed by atoms with Gasteiger partial charge in [0.05, 0.1) is 0 Å². The maximum atomic E-state index is 12.5. The minimum Gasteiger partial charge on any atom is -0.366 e. The van der Waals surface area contributed by atoms with E-state index in [-0.39, 0.29) is 11.3 Å². The van der Waals surface area contributed by atoms with Crippen molar-refractivity contribution < 1.29 is 9.59 Å². The highest BCUT2D eigenvalue weighted by Crippen LogP contribution is 2.41. The number of primary amides is 1. The van der Waals surface area contributed by atoms with Crippen LogP contribution in [0.3, 0.4) is 0 Å². The first-order valence-electron chi connectivity index (χ1n) is 10.4. The molecule has 6 nitrogen and oxygen atoms in total. The monoisotopic (exact) mass is 392 g/mol. The summed E-state index contributed by atoms with van der Waals surface area (Å²) < 4.78 is 0. The van der Waals surface area contributed by atoms with Gasteiger partial charge >= 0.3 is 0 Å². The van der Waals surface area contributed by atoms with Crippen molar-refractivity contribution in [3.05, 3.63) is 59.8 Å². The van der Waals surface area contributed by atoms with Gasteiger partial charge in [-0.25, -0.2) is 4.98 Å². The molecule has 1 aromatic heterocycles. The average Bonchev–Trinajstić information content (AvgIpc) is 2.76. The van der Waals surface area contributed by atoms with Gasteiger partial charge < -0.3 is 15.5 Å². The summed E-state index contributed by atoms with van der Waals surface area (Å²) in [5.41, 5.74) is 7.36. The molecule has 2 aromatic rings. The standard InChI is InChI=1S/C23H28N4O2/c24-22(29)19-7-12-25-20(16-19)26-14-10-23(11-15-26)9-6-21(28)27(17-23)13-8-18-4-2-1-3-5-18/h1-5,7,12,16H,6,8-11,13-15,17H2,(H2,24,29). The molecular weight excluding hydrogens is 364 g/mol. The second-order valence-corrected chi connectivity index (χ2v) is 8.30. The topological polar surface area (TPSA) is 79.5 Å². The van der Waals surface area contributed by atoms with Crippen LogP contribution in [-0.4, -0.2) is 47.9 Å². The van der Waals surface area contributed by atoms with Gasteiger partial charge in [-0.15, -0.1) is 0 Å². The Morgan fingerprint density at radius 2 is 1.86 bits per heavy atom. The molecule has 2 fully saturated rings. The number of benzene rings is 1. The lowest BCUT2D eigenvalue weighted by atomic mass is 9.72. The lowest BCUT2D eigenvalue weighted by molar-refractivity contribution is -0.138. The molecule has 3 heterocycles. The van der Waals surface area contributed by atoms with Crippen LogP contribution in [0.4, 0.5) is 5.82 Å². The van der Waals surface area contributed by atoms with Gasteiger partial charge in [-0.3, -0.25) is 9.59 Å². The second-order valence-electron chi connectivity index (χ2n) is 8.30. The molecule has 2 aliphatic heterocycles. The van der Waals surface area contributed by atoms with Crippen LogP contribution < -0.4 is 10.6 Å². The molecule has 0 bridgehead atoms. The minimum absolute atomic E-state index is 0.197. The predicted octanol–water partition coefficient (Wildman–Crippen LogP) is 2.63. The smallest absolute Gasteiger partial charge is 0.248 e. The van der Waals surface area contributed by atoms with E-state index in [9.17, 15) is 9.59 Å². The SMILES string of the molecule is NC(=O)c1ccnc(N2CCC3(CCC(=O)N(CCc4ccccc4)C3)CC2)c1. The Morgan fingerprint density at radius 1 is 1.10 bits per heavy atom. The van der Waals surface area contributed by atoms with Gasteiger partial charge in [0.1, 0.15) is 5.82 Å². The third-order valence-electron chi connectivity index (χ3n) is 6.44. The van der Waals surface area contributed by atoms with Crippen LogP contribution in [0.25, 0.3) is 0 Å². The molecule has 0 atom stereocenters. The first-order valence-corrected chi connectivity index (χ1v) is 10.4. The van der Waals surface area contributed by atoms with Crippen molar-refractivity contribution >= 4 is 17.6 Å². The Balaban J connectivity index is 1.37. The molecule has 4 rings (SSSR count). The van der Waals surface area contributed by atoms with Crippen LogP contribution in [0.15, 0.2) is 48.7 Å². The van der Waals surface area contributed by atoms with Gasteiger partial charge in [-0.05, 0) is 48.8 Å². The van der Waals surface area contributed by atoms with Crippen LogP contribution in [0, 0.1) is 5.41 Å². The second kappa shape index (κ2) is 8.23. The van der Waals surface area contributed by atoms with Crippen molar-refractivity contribution in [2.45, 2.75) is 32.1 Å². The Hall–Kier alpha value is -2.89. The van der Waals surface area contributed by atoms with Crippen molar-refractivity contribution in [1.29, 1.82) is 0 Å². The molecule has 29 heavy (non-hydrogen) atoms. The number of piperidine rings is 2. The van der Waals surface area contributed by atoms with Crippen LogP contribution in [0.5, 0.6) is 0 Å². The molecule has 6 heteroatoms. The summed E-state index contributed by atoms with van der Waals surface area (Å²) in [6, 6.07) is 13.8. The van der Waals surface area contributed by atoms with Crippen molar-refractivity contribution in [2.75, 3.05) is 31.1 Å². The molecule has 152 valence electrons. The maximum absolute atomic E-state index is 12.5. The van der Waals surface area contributed by atoms with Crippen molar-refractivity contribution in [3.8, 4) is 0 Å². The van der Waals surface area contributed by atoms with Gasteiger partial charge in [0, 0.05) is 44.4 Å². The first kappa shape index (κ1) is 19.4. The highest BCUT2D eigenvalue weighted by Gasteiger charge is 2.41. The van der Waals surface area contributed by atoms with E-state index in [4.69, 9.17) is 5.73 Å². The van der Waals surface area contributed by atoms with Crippen LogP contribution >= 0.6 is 0 Å². The normalized spacial score (nSPS) is 18.8. The molecule has 2 amide bonds. The molecule has 0 unspecified atom stereocenters. The van der Waals surface area contributed by atoms with Crippen molar-refractivity contribution in [2.24, 2.45) is 11.1 Å². The molecular formula is C23H28N4O2. The van der Waals surface area contributed by atoms with E-state index in [1.807, 2.05) is 18.2 Å². The van der Waals surface area contributed by atoms with E-state index in [0.717, 1.165) is 57.7 Å². The number of hydrogen-bond donors (Lipinski definition) is 1. The number of hydrogen-bond acceptors (Lipinski definition) is 4. The number of nitrogens with two attached hydrogens (primary N) is 1. The summed E-state index contributed by atoms with van der Waals surface area (Å²) in [6.45, 7) is 3.41. The summed E-state index contributed by atoms with van der Waals surface area (Å²) >= 11 is 0. The summed E-state index contributed by atoms with van der Waals surface area (Å²) in [6.07, 6.45) is 6.22. The third-order valence-corrected chi connectivity index (χ3v) is 6.44. The Bertz CT molecular complexity index is 875. The number of nitrogens with zero attached hydrogens (tertiary/aromatic N) is 3. The van der Waals surface area contributed by atoms with Crippen molar-refractivity contribution in [3.63, 3.8) is 0 Å². The van der Waals surface area contributed by atoms with Gasteiger partial charge in [0.25, 0.3) is 0 Å². The zero-order valence-electron chi connectivity index (χ0n) is 16.7. The number of aromatic nitrogens is 1. The van der Waals surface area contributed by atoms with E-state index in [1.165, 1.54) is 5.56 Å². The number of likely N-dealkylation sites (tertiary alicyclic amines) is 1. The summed E-state index contributed by atoms with van der Waals surface area (Å²) in [4.78, 5) is 32.7. The fourth-order valence-electron chi connectivity index (χ4n) is 4.58. The van der Waals surface area contributed by atoms with Gasteiger partial charge in [0.15, 0.2) is 0 Å². The molecule has 2 N–H and O–H groups in total. The molecule has 0 radical (unpaired) electrons. The first-order chi connectivity index (χ1) is 14.0. The van der Waals surface area contributed by atoms with E-state index < -0.39 is 5.91 Å².